The first kappa shape index (κ1) is 27.1. The van der Waals surface area contributed by atoms with E-state index in [0.717, 1.165) is 58.8 Å². The number of nitrogen functional groups attached to an aromatic ring is 1. The van der Waals surface area contributed by atoms with Crippen LogP contribution in [0.15, 0.2) is 42.6 Å². The predicted octanol–water partition coefficient (Wildman–Crippen LogP) is 4.21. The van der Waals surface area contributed by atoms with E-state index in [1.54, 1.807) is 11.3 Å². The Morgan fingerprint density at radius 3 is 2.87 bits per heavy atom. The van der Waals surface area contributed by atoms with Crippen molar-refractivity contribution in [1.29, 1.82) is 0 Å². The number of aliphatic hydroxyl groups excluding tert-OH is 1. The lowest BCUT2D eigenvalue weighted by Gasteiger charge is -2.29. The van der Waals surface area contributed by atoms with Crippen LogP contribution in [0.3, 0.4) is 0 Å². The summed E-state index contributed by atoms with van der Waals surface area (Å²) in [6.07, 6.45) is 4.80. The fraction of sp³-hybridized carbons (Fsp3) is 0.464. The first-order valence-electron chi connectivity index (χ1n) is 13.2. The Labute approximate surface area is 228 Å². The zero-order valence-corrected chi connectivity index (χ0v) is 23.5. The van der Waals surface area contributed by atoms with Crippen molar-refractivity contribution in [2.45, 2.75) is 57.8 Å². The number of β-amino-alcohol motifs (C(OH)–C–C–N with tert-alkyl or cyclic N) is 1. The first-order valence-corrected chi connectivity index (χ1v) is 15.7. The average Bonchev–Trinajstić information content (AvgIpc) is 3.52. The molecular weight excluding hydrogens is 520 g/mol. The molecule has 0 amide bonds. The summed E-state index contributed by atoms with van der Waals surface area (Å²) in [5.41, 5.74) is 11.1. The van der Waals surface area contributed by atoms with Gasteiger partial charge in [0.1, 0.15) is 10.8 Å². The van der Waals surface area contributed by atoms with Gasteiger partial charge in [-0.15, -0.1) is 11.3 Å². The number of hydrogen-bond donors (Lipinski definition) is 3. The molecule has 0 saturated carbocycles. The number of nitrogens with two attached hydrogens (primary N) is 1. The molecule has 2 aliphatic rings. The third kappa shape index (κ3) is 6.21. The highest BCUT2D eigenvalue weighted by Crippen LogP contribution is 2.41. The molecule has 1 saturated heterocycles. The summed E-state index contributed by atoms with van der Waals surface area (Å²) in [5, 5.41) is 10.7. The third-order valence-corrected chi connectivity index (χ3v) is 9.58. The first-order chi connectivity index (χ1) is 18.2. The molecular formula is C28H36N4O4S2. The molecule has 0 unspecified atom stereocenters. The Kier molecular flexibility index (Phi) is 8.06. The highest BCUT2D eigenvalue weighted by Gasteiger charge is 2.29. The number of hydrogen-bond acceptors (Lipinski definition) is 8. The largest absolute Gasteiger partial charge is 0.489 e. The number of sulfonamides is 1. The van der Waals surface area contributed by atoms with Crippen molar-refractivity contribution in [3.8, 4) is 26.8 Å². The molecule has 2 heterocycles. The van der Waals surface area contributed by atoms with Crippen LogP contribution in [0.4, 0.5) is 5.69 Å². The minimum atomic E-state index is -3.45. The molecule has 0 radical (unpaired) electrons. The van der Waals surface area contributed by atoms with Gasteiger partial charge in [-0.05, 0) is 81.0 Å². The molecule has 2 atom stereocenters. The van der Waals surface area contributed by atoms with E-state index in [-0.39, 0.29) is 24.0 Å². The molecule has 5 rings (SSSR count). The fourth-order valence-electron chi connectivity index (χ4n) is 5.34. The summed E-state index contributed by atoms with van der Waals surface area (Å²) in [4.78, 5) is 7.74. The van der Waals surface area contributed by atoms with E-state index in [9.17, 15) is 13.5 Å². The van der Waals surface area contributed by atoms with Gasteiger partial charge in [0.25, 0.3) is 0 Å². The van der Waals surface area contributed by atoms with E-state index in [4.69, 9.17) is 10.5 Å². The van der Waals surface area contributed by atoms with Crippen LogP contribution in [0.2, 0.25) is 0 Å². The quantitative estimate of drug-likeness (QED) is 0.338. The Morgan fingerprint density at radius 1 is 1.26 bits per heavy atom. The van der Waals surface area contributed by atoms with Gasteiger partial charge in [0.2, 0.25) is 10.0 Å². The van der Waals surface area contributed by atoms with Gasteiger partial charge in [0, 0.05) is 30.9 Å². The molecule has 204 valence electrons. The summed E-state index contributed by atoms with van der Waals surface area (Å²) in [7, 11) is -3.45. The number of likely N-dealkylation sites (tertiary alicyclic amines) is 1. The van der Waals surface area contributed by atoms with Crippen molar-refractivity contribution in [2.75, 3.05) is 31.1 Å². The standard InChI is InChI=1S/C28H36N4O4S2/c1-18(2)36-26-11-8-19(15-24(26)29)28-30-16-27(37-28)23-7-3-6-22-21(23)9-10-25(22)31-38(34,35)14-13-32-12-4-5-20(33)17-32/h3,6-8,11,15-16,18,20,25,31,33H,4-5,9-10,12-14,17,29H2,1-2H3/t20-,25+/m1/s1. The second-order valence-corrected chi connectivity index (χ2v) is 13.4. The zero-order chi connectivity index (χ0) is 26.9. The van der Waals surface area contributed by atoms with E-state index in [1.807, 2.05) is 55.3 Å². The van der Waals surface area contributed by atoms with Gasteiger partial charge < -0.3 is 15.6 Å². The van der Waals surface area contributed by atoms with Gasteiger partial charge in [0.15, 0.2) is 0 Å². The summed E-state index contributed by atoms with van der Waals surface area (Å²) in [6, 6.07) is 11.6. The van der Waals surface area contributed by atoms with E-state index in [1.165, 1.54) is 5.56 Å². The maximum Gasteiger partial charge on any atom is 0.213 e. The number of aliphatic hydroxyl groups is 1. The van der Waals surface area contributed by atoms with Crippen molar-refractivity contribution >= 4 is 27.0 Å². The molecule has 1 aliphatic carbocycles. The third-order valence-electron chi connectivity index (χ3n) is 7.14. The molecule has 10 heteroatoms. The zero-order valence-electron chi connectivity index (χ0n) is 21.9. The molecule has 1 fully saturated rings. The summed E-state index contributed by atoms with van der Waals surface area (Å²) in [6.45, 7) is 5.75. The van der Waals surface area contributed by atoms with Gasteiger partial charge in [-0.25, -0.2) is 18.1 Å². The Hall–Kier alpha value is -2.50. The fourth-order valence-corrected chi connectivity index (χ4v) is 7.60. The van der Waals surface area contributed by atoms with Crippen LogP contribution >= 0.6 is 11.3 Å². The lowest BCUT2D eigenvalue weighted by molar-refractivity contribution is 0.0740. The van der Waals surface area contributed by atoms with Gasteiger partial charge in [-0.3, -0.25) is 4.90 Å². The monoisotopic (exact) mass is 556 g/mol. The smallest absolute Gasteiger partial charge is 0.213 e. The SMILES string of the molecule is CC(C)Oc1ccc(-c2ncc(-c3cccc4c3CC[C@@H]4NS(=O)(=O)CCN3CCC[C@@H](O)C3)s2)cc1N. The predicted molar refractivity (Wildman–Crippen MR) is 153 cm³/mol. The van der Waals surface area contributed by atoms with Gasteiger partial charge >= 0.3 is 0 Å². The second-order valence-electron chi connectivity index (χ2n) is 10.4. The number of anilines is 1. The number of thiazole rings is 1. The summed E-state index contributed by atoms with van der Waals surface area (Å²) in [5.74, 6) is 0.705. The highest BCUT2D eigenvalue weighted by molar-refractivity contribution is 7.89. The Balaban J connectivity index is 1.29. The van der Waals surface area contributed by atoms with Crippen molar-refractivity contribution in [3.05, 3.63) is 53.7 Å². The second kappa shape index (κ2) is 11.3. The molecule has 38 heavy (non-hydrogen) atoms. The molecule has 0 spiro atoms. The Morgan fingerprint density at radius 2 is 2.11 bits per heavy atom. The van der Waals surface area contributed by atoms with Crippen LogP contribution in [0, 0.1) is 0 Å². The van der Waals surface area contributed by atoms with E-state index < -0.39 is 10.0 Å². The molecule has 8 nitrogen and oxygen atoms in total. The van der Waals surface area contributed by atoms with E-state index in [0.29, 0.717) is 24.5 Å². The lowest BCUT2D eigenvalue weighted by Crippen LogP contribution is -2.42. The summed E-state index contributed by atoms with van der Waals surface area (Å²) >= 11 is 1.60. The van der Waals surface area contributed by atoms with Crippen molar-refractivity contribution < 1.29 is 18.3 Å². The minimum absolute atomic E-state index is 0.0353. The van der Waals surface area contributed by atoms with Crippen molar-refractivity contribution in [1.82, 2.24) is 14.6 Å². The number of benzene rings is 2. The number of nitrogens with one attached hydrogen (secondary N) is 1. The van der Waals surface area contributed by atoms with Gasteiger partial charge in [0.05, 0.1) is 28.5 Å². The maximum atomic E-state index is 12.9. The molecule has 4 N–H and O–H groups in total. The topological polar surface area (TPSA) is 118 Å². The number of piperidine rings is 1. The van der Waals surface area contributed by atoms with Crippen LogP contribution in [0.5, 0.6) is 5.75 Å². The number of nitrogens with zero attached hydrogens (tertiary/aromatic N) is 2. The van der Waals surface area contributed by atoms with Gasteiger partial charge in [-0.1, -0.05) is 18.2 Å². The van der Waals surface area contributed by atoms with Crippen LogP contribution in [0.25, 0.3) is 21.0 Å². The maximum absolute atomic E-state index is 12.9. The number of ether oxygens (including phenoxy) is 1. The average molecular weight is 557 g/mol. The summed E-state index contributed by atoms with van der Waals surface area (Å²) < 4.78 is 34.5. The van der Waals surface area contributed by atoms with Gasteiger partial charge in [-0.2, -0.15) is 0 Å². The molecule has 2 aromatic carbocycles. The van der Waals surface area contributed by atoms with Crippen LogP contribution in [-0.2, 0) is 16.4 Å². The lowest BCUT2D eigenvalue weighted by atomic mass is 10.0. The normalized spacial score (nSPS) is 20.1. The van der Waals surface area contributed by atoms with Crippen LogP contribution in [0.1, 0.15) is 50.3 Å². The number of rotatable bonds is 9. The molecule has 1 aliphatic heterocycles. The number of fused-ring (bicyclic) bond motifs is 1. The molecule has 3 aromatic rings. The van der Waals surface area contributed by atoms with Crippen molar-refractivity contribution in [3.63, 3.8) is 0 Å². The molecule has 0 bridgehead atoms. The van der Waals surface area contributed by atoms with E-state index in [2.05, 4.69) is 15.8 Å². The Bertz CT molecular complexity index is 1390. The molecule has 1 aromatic heterocycles. The van der Waals surface area contributed by atoms with E-state index >= 15 is 0 Å². The van der Waals surface area contributed by atoms with Crippen molar-refractivity contribution in [2.24, 2.45) is 0 Å². The van der Waals surface area contributed by atoms with Crippen LogP contribution in [-0.4, -0.2) is 61.0 Å². The minimum Gasteiger partial charge on any atom is -0.489 e. The highest BCUT2D eigenvalue weighted by atomic mass is 32.2. The number of aromatic nitrogens is 1. The van der Waals surface area contributed by atoms with Crippen LogP contribution < -0.4 is 15.2 Å².